The van der Waals surface area contributed by atoms with E-state index in [0.717, 1.165) is 36.5 Å². The van der Waals surface area contributed by atoms with Gasteiger partial charge in [0.05, 0.1) is 17.8 Å². The van der Waals surface area contributed by atoms with E-state index in [1.54, 1.807) is 12.1 Å². The van der Waals surface area contributed by atoms with Gasteiger partial charge in [-0.15, -0.1) is 0 Å². The number of aryl methyl sites for hydroxylation is 1. The summed E-state index contributed by atoms with van der Waals surface area (Å²) in [6.07, 6.45) is 0.984. The molecular weight excluding hydrogens is 302 g/mol. The highest BCUT2D eigenvalue weighted by Crippen LogP contribution is 2.38. The van der Waals surface area contributed by atoms with Crippen LogP contribution in [-0.2, 0) is 13.0 Å². The van der Waals surface area contributed by atoms with Crippen molar-refractivity contribution >= 4 is 11.7 Å². The molecule has 0 aromatic heterocycles. The summed E-state index contributed by atoms with van der Waals surface area (Å²) >= 11 is 0. The van der Waals surface area contributed by atoms with Crippen molar-refractivity contribution in [3.8, 4) is 5.75 Å². The van der Waals surface area contributed by atoms with Crippen molar-refractivity contribution in [1.29, 1.82) is 0 Å². The summed E-state index contributed by atoms with van der Waals surface area (Å²) in [6, 6.07) is 13.4. The Morgan fingerprint density at radius 2 is 1.83 bits per heavy atom. The second-order valence-electron chi connectivity index (χ2n) is 6.88. The number of anilines is 1. The first-order valence-electron chi connectivity index (χ1n) is 8.27. The minimum absolute atomic E-state index is 0.262. The number of hydrogen-bond donors (Lipinski definition) is 1. The SMILES string of the molecule is CCc1ccc2c(c1)N(Cc1ccc(C(=O)O)cc1)CC(C)(C)O2. The van der Waals surface area contributed by atoms with Crippen LogP contribution in [0.25, 0.3) is 0 Å². The van der Waals surface area contributed by atoms with Crippen molar-refractivity contribution in [2.45, 2.75) is 39.3 Å². The fourth-order valence-corrected chi connectivity index (χ4v) is 3.11. The molecule has 3 rings (SSSR count). The number of carboxylic acids is 1. The molecule has 0 bridgehead atoms. The van der Waals surface area contributed by atoms with Crippen LogP contribution in [-0.4, -0.2) is 23.2 Å². The number of hydrogen-bond acceptors (Lipinski definition) is 3. The molecule has 1 N–H and O–H groups in total. The molecule has 0 spiro atoms. The molecule has 0 aliphatic carbocycles. The Morgan fingerprint density at radius 3 is 2.46 bits per heavy atom. The van der Waals surface area contributed by atoms with Crippen molar-refractivity contribution in [3.63, 3.8) is 0 Å². The lowest BCUT2D eigenvalue weighted by Gasteiger charge is -2.41. The molecule has 1 aliphatic heterocycles. The van der Waals surface area contributed by atoms with E-state index in [4.69, 9.17) is 9.84 Å². The predicted octanol–water partition coefficient (Wildman–Crippen LogP) is 4.12. The maximum absolute atomic E-state index is 11.0. The number of benzene rings is 2. The fourth-order valence-electron chi connectivity index (χ4n) is 3.11. The Bertz CT molecular complexity index is 750. The van der Waals surface area contributed by atoms with E-state index in [0.29, 0.717) is 5.56 Å². The fraction of sp³-hybridized carbons (Fsp3) is 0.350. The van der Waals surface area contributed by atoms with Gasteiger partial charge < -0.3 is 14.7 Å². The molecule has 126 valence electrons. The quantitative estimate of drug-likeness (QED) is 0.918. The lowest BCUT2D eigenvalue weighted by Crippen LogP contribution is -2.46. The number of ether oxygens (including phenoxy) is 1. The van der Waals surface area contributed by atoms with Crippen LogP contribution in [0.5, 0.6) is 5.75 Å². The lowest BCUT2D eigenvalue weighted by molar-refractivity contribution is 0.0697. The van der Waals surface area contributed by atoms with Crippen molar-refractivity contribution in [2.24, 2.45) is 0 Å². The first-order valence-corrected chi connectivity index (χ1v) is 8.27. The highest BCUT2D eigenvalue weighted by molar-refractivity contribution is 5.87. The van der Waals surface area contributed by atoms with Gasteiger partial charge in [-0.1, -0.05) is 25.1 Å². The summed E-state index contributed by atoms with van der Waals surface area (Å²) in [5.41, 5.74) is 3.53. The Kier molecular flexibility index (Phi) is 4.22. The van der Waals surface area contributed by atoms with Crippen LogP contribution in [0.2, 0.25) is 0 Å². The van der Waals surface area contributed by atoms with E-state index in [2.05, 4.69) is 43.9 Å². The van der Waals surface area contributed by atoms with E-state index >= 15 is 0 Å². The van der Waals surface area contributed by atoms with Gasteiger partial charge >= 0.3 is 5.97 Å². The van der Waals surface area contributed by atoms with Crippen LogP contribution in [0.1, 0.15) is 42.3 Å². The van der Waals surface area contributed by atoms with Crippen molar-refractivity contribution < 1.29 is 14.6 Å². The summed E-state index contributed by atoms with van der Waals surface area (Å²) < 4.78 is 6.12. The Hall–Kier alpha value is -2.49. The molecule has 0 saturated heterocycles. The van der Waals surface area contributed by atoms with E-state index in [9.17, 15) is 4.79 Å². The summed E-state index contributed by atoms with van der Waals surface area (Å²) in [4.78, 5) is 13.3. The first kappa shape index (κ1) is 16.4. The summed E-state index contributed by atoms with van der Waals surface area (Å²) in [7, 11) is 0. The molecule has 2 aromatic rings. The number of carboxylic acid groups (broad SMARTS) is 1. The zero-order chi connectivity index (χ0) is 17.3. The molecule has 0 fully saturated rings. The van der Waals surface area contributed by atoms with Crippen LogP contribution < -0.4 is 9.64 Å². The number of nitrogens with zero attached hydrogens (tertiary/aromatic N) is 1. The smallest absolute Gasteiger partial charge is 0.335 e. The van der Waals surface area contributed by atoms with Crippen LogP contribution >= 0.6 is 0 Å². The zero-order valence-electron chi connectivity index (χ0n) is 14.4. The van der Waals surface area contributed by atoms with E-state index < -0.39 is 5.97 Å². The summed E-state index contributed by atoms with van der Waals surface area (Å²) in [5, 5.41) is 9.03. The normalized spacial score (nSPS) is 15.5. The number of aromatic carboxylic acids is 1. The Labute approximate surface area is 142 Å². The molecule has 0 atom stereocenters. The van der Waals surface area contributed by atoms with Crippen LogP contribution in [0.3, 0.4) is 0 Å². The molecule has 1 heterocycles. The lowest BCUT2D eigenvalue weighted by atomic mass is 10.0. The minimum atomic E-state index is -0.896. The molecule has 4 heteroatoms. The molecule has 0 unspecified atom stereocenters. The van der Waals surface area contributed by atoms with Gasteiger partial charge in [-0.05, 0) is 55.7 Å². The third kappa shape index (κ3) is 3.37. The topological polar surface area (TPSA) is 49.8 Å². The summed E-state index contributed by atoms with van der Waals surface area (Å²) in [6.45, 7) is 7.83. The number of rotatable bonds is 4. The van der Waals surface area contributed by atoms with Crippen LogP contribution in [0, 0.1) is 0 Å². The first-order chi connectivity index (χ1) is 11.4. The maximum Gasteiger partial charge on any atom is 0.335 e. The van der Waals surface area contributed by atoms with Gasteiger partial charge in [0, 0.05) is 6.54 Å². The minimum Gasteiger partial charge on any atom is -0.484 e. The molecule has 2 aromatic carbocycles. The monoisotopic (exact) mass is 325 g/mol. The highest BCUT2D eigenvalue weighted by Gasteiger charge is 2.31. The van der Waals surface area contributed by atoms with E-state index in [1.807, 2.05) is 12.1 Å². The van der Waals surface area contributed by atoms with Gasteiger partial charge in [-0.3, -0.25) is 0 Å². The molecule has 24 heavy (non-hydrogen) atoms. The average molecular weight is 325 g/mol. The van der Waals surface area contributed by atoms with Gasteiger partial charge in [0.2, 0.25) is 0 Å². The van der Waals surface area contributed by atoms with Gasteiger partial charge in [0.15, 0.2) is 0 Å². The van der Waals surface area contributed by atoms with Gasteiger partial charge in [0.25, 0.3) is 0 Å². The third-order valence-corrected chi connectivity index (χ3v) is 4.30. The molecule has 4 nitrogen and oxygen atoms in total. The van der Waals surface area contributed by atoms with Crippen molar-refractivity contribution in [1.82, 2.24) is 0 Å². The molecule has 0 radical (unpaired) electrons. The van der Waals surface area contributed by atoms with Gasteiger partial charge in [-0.25, -0.2) is 4.79 Å². The molecule has 0 amide bonds. The average Bonchev–Trinajstić information content (AvgIpc) is 2.54. The Morgan fingerprint density at radius 1 is 1.17 bits per heavy atom. The zero-order valence-corrected chi connectivity index (χ0v) is 14.4. The van der Waals surface area contributed by atoms with E-state index in [-0.39, 0.29) is 5.60 Å². The number of fused-ring (bicyclic) bond motifs is 1. The standard InChI is InChI=1S/C20H23NO3/c1-4-14-7-10-18-17(11-14)21(13-20(2,3)24-18)12-15-5-8-16(9-6-15)19(22)23/h5-11H,4,12-13H2,1-3H3,(H,22,23). The largest absolute Gasteiger partial charge is 0.484 e. The van der Waals surface area contributed by atoms with Crippen LogP contribution in [0.4, 0.5) is 5.69 Å². The van der Waals surface area contributed by atoms with Crippen LogP contribution in [0.15, 0.2) is 42.5 Å². The van der Waals surface area contributed by atoms with Crippen molar-refractivity contribution in [3.05, 3.63) is 59.2 Å². The predicted molar refractivity (Wildman–Crippen MR) is 95.0 cm³/mol. The second kappa shape index (κ2) is 6.19. The molecule has 1 aliphatic rings. The Balaban J connectivity index is 1.90. The van der Waals surface area contributed by atoms with E-state index in [1.165, 1.54) is 5.56 Å². The van der Waals surface area contributed by atoms with Gasteiger partial charge in [-0.2, -0.15) is 0 Å². The molecular formula is C20H23NO3. The molecule has 0 saturated carbocycles. The highest BCUT2D eigenvalue weighted by atomic mass is 16.5. The second-order valence-corrected chi connectivity index (χ2v) is 6.88. The third-order valence-electron chi connectivity index (χ3n) is 4.30. The van der Waals surface area contributed by atoms with Crippen molar-refractivity contribution in [2.75, 3.05) is 11.4 Å². The van der Waals surface area contributed by atoms with Gasteiger partial charge in [0.1, 0.15) is 11.4 Å². The number of carbonyl (C=O) groups is 1. The summed E-state index contributed by atoms with van der Waals surface area (Å²) in [5.74, 6) is 0.0117. The maximum atomic E-state index is 11.0.